The van der Waals surface area contributed by atoms with Crippen LogP contribution in [0.5, 0.6) is 5.75 Å². The van der Waals surface area contributed by atoms with Gasteiger partial charge in [-0.05, 0) is 43.4 Å². The maximum Gasteiger partial charge on any atom is 0.123 e. The highest BCUT2D eigenvalue weighted by atomic mass is 16.5. The number of ether oxygens (including phenoxy) is 1. The Morgan fingerprint density at radius 3 is 2.85 bits per heavy atom. The Balaban J connectivity index is 1.99. The molecule has 0 aliphatic carbocycles. The Kier molecular flexibility index (Phi) is 5.09. The van der Waals surface area contributed by atoms with Crippen LogP contribution in [-0.4, -0.2) is 19.2 Å². The fraction of sp³-hybridized carbons (Fsp3) is 0.667. The van der Waals surface area contributed by atoms with Gasteiger partial charge in [0.15, 0.2) is 0 Å². The Morgan fingerprint density at radius 2 is 2.15 bits per heavy atom. The molecule has 0 saturated carbocycles. The van der Waals surface area contributed by atoms with Crippen LogP contribution in [0, 0.1) is 12.3 Å². The molecular weight excluding hydrogens is 246 g/mol. The van der Waals surface area contributed by atoms with E-state index in [1.165, 1.54) is 24.0 Å². The monoisotopic (exact) mass is 275 g/mol. The summed E-state index contributed by atoms with van der Waals surface area (Å²) in [5, 5.41) is 3.52. The summed E-state index contributed by atoms with van der Waals surface area (Å²) in [6.07, 6.45) is 5.06. The summed E-state index contributed by atoms with van der Waals surface area (Å²) in [5.41, 5.74) is 3.06. The minimum Gasteiger partial charge on any atom is -0.490 e. The van der Waals surface area contributed by atoms with Crippen molar-refractivity contribution in [2.24, 2.45) is 5.41 Å². The summed E-state index contributed by atoms with van der Waals surface area (Å²) in [6, 6.07) is 6.55. The Morgan fingerprint density at radius 1 is 1.35 bits per heavy atom. The zero-order chi connectivity index (χ0) is 14.6. The first-order valence-corrected chi connectivity index (χ1v) is 8.03. The van der Waals surface area contributed by atoms with Gasteiger partial charge in [-0.3, -0.25) is 0 Å². The average Bonchev–Trinajstić information content (AvgIpc) is 2.77. The normalized spacial score (nSPS) is 20.3. The quantitative estimate of drug-likeness (QED) is 0.808. The molecular formula is C18H29NO. The molecule has 2 rings (SSSR count). The molecule has 0 spiro atoms. The maximum atomic E-state index is 6.16. The van der Waals surface area contributed by atoms with Gasteiger partial charge < -0.3 is 10.1 Å². The van der Waals surface area contributed by atoms with Crippen molar-refractivity contribution in [2.45, 2.75) is 59.5 Å². The predicted molar refractivity (Wildman–Crippen MR) is 85.5 cm³/mol. The Labute approximate surface area is 123 Å². The van der Waals surface area contributed by atoms with Gasteiger partial charge in [0.2, 0.25) is 0 Å². The van der Waals surface area contributed by atoms with Gasteiger partial charge in [-0.2, -0.15) is 0 Å². The van der Waals surface area contributed by atoms with Crippen LogP contribution in [0.4, 0.5) is 0 Å². The smallest absolute Gasteiger partial charge is 0.123 e. The van der Waals surface area contributed by atoms with Crippen molar-refractivity contribution in [3.63, 3.8) is 0 Å². The topological polar surface area (TPSA) is 21.3 Å². The van der Waals surface area contributed by atoms with Crippen molar-refractivity contribution in [3.8, 4) is 5.75 Å². The second-order valence-electron chi connectivity index (χ2n) is 6.60. The van der Waals surface area contributed by atoms with E-state index in [2.05, 4.69) is 51.2 Å². The van der Waals surface area contributed by atoms with Crippen LogP contribution >= 0.6 is 0 Å². The van der Waals surface area contributed by atoms with Gasteiger partial charge >= 0.3 is 0 Å². The molecule has 2 unspecified atom stereocenters. The lowest BCUT2D eigenvalue weighted by Gasteiger charge is -2.32. The van der Waals surface area contributed by atoms with Gasteiger partial charge in [-0.25, -0.2) is 0 Å². The second-order valence-corrected chi connectivity index (χ2v) is 6.60. The summed E-state index contributed by atoms with van der Waals surface area (Å²) in [7, 11) is 0. The van der Waals surface area contributed by atoms with E-state index >= 15 is 0 Å². The van der Waals surface area contributed by atoms with E-state index in [-0.39, 0.29) is 0 Å². The van der Waals surface area contributed by atoms with Gasteiger partial charge in [0.1, 0.15) is 11.9 Å². The minimum atomic E-state index is 0.340. The molecule has 1 aromatic carbocycles. The van der Waals surface area contributed by atoms with Crippen LogP contribution in [0.2, 0.25) is 0 Å². The van der Waals surface area contributed by atoms with Crippen molar-refractivity contribution >= 4 is 0 Å². The molecule has 0 fully saturated rings. The number of nitrogens with one attached hydrogen (secondary N) is 1. The largest absolute Gasteiger partial charge is 0.490 e. The van der Waals surface area contributed by atoms with Crippen LogP contribution in [0.3, 0.4) is 0 Å². The first-order chi connectivity index (χ1) is 9.56. The molecule has 1 heterocycles. The number of rotatable bonds is 7. The molecule has 0 amide bonds. The average molecular weight is 275 g/mol. The van der Waals surface area contributed by atoms with Crippen molar-refractivity contribution in [2.75, 3.05) is 13.1 Å². The summed E-state index contributed by atoms with van der Waals surface area (Å²) in [6.45, 7) is 11.1. The van der Waals surface area contributed by atoms with Gasteiger partial charge in [0, 0.05) is 13.0 Å². The van der Waals surface area contributed by atoms with E-state index in [9.17, 15) is 0 Å². The number of fused-ring (bicyclic) bond motifs is 1. The highest BCUT2D eigenvalue weighted by molar-refractivity contribution is 5.40. The first kappa shape index (κ1) is 15.4. The van der Waals surface area contributed by atoms with Crippen molar-refractivity contribution < 1.29 is 4.74 Å². The van der Waals surface area contributed by atoms with Gasteiger partial charge in [-0.15, -0.1) is 0 Å². The highest BCUT2D eigenvalue weighted by Crippen LogP contribution is 2.36. The lowest BCUT2D eigenvalue weighted by Crippen LogP contribution is -2.36. The maximum absolute atomic E-state index is 6.16. The van der Waals surface area contributed by atoms with Crippen molar-refractivity contribution in [3.05, 3.63) is 29.3 Å². The van der Waals surface area contributed by atoms with E-state index in [4.69, 9.17) is 4.74 Å². The summed E-state index contributed by atoms with van der Waals surface area (Å²) >= 11 is 0. The van der Waals surface area contributed by atoms with Crippen molar-refractivity contribution in [1.29, 1.82) is 0 Å². The van der Waals surface area contributed by atoms with Crippen molar-refractivity contribution in [1.82, 2.24) is 5.32 Å². The number of aryl methyl sites for hydroxylation is 1. The molecule has 1 aromatic rings. The van der Waals surface area contributed by atoms with Crippen LogP contribution in [0.15, 0.2) is 18.2 Å². The standard InChI is InChI=1S/C18H29NO/c1-5-9-18(4,13-19-6-2)12-16-11-15-10-14(3)7-8-17(15)20-16/h7-8,10,16,19H,5-6,9,11-13H2,1-4H3. The summed E-state index contributed by atoms with van der Waals surface area (Å²) in [5.74, 6) is 1.10. The zero-order valence-corrected chi connectivity index (χ0v) is 13.5. The number of hydrogen-bond acceptors (Lipinski definition) is 2. The lowest BCUT2D eigenvalue weighted by atomic mass is 9.79. The first-order valence-electron chi connectivity index (χ1n) is 8.03. The van der Waals surface area contributed by atoms with Gasteiger partial charge in [-0.1, -0.05) is 44.9 Å². The number of hydrogen-bond donors (Lipinski definition) is 1. The van der Waals surface area contributed by atoms with E-state index < -0.39 is 0 Å². The predicted octanol–water partition coefficient (Wildman–Crippen LogP) is 4.10. The molecule has 1 N–H and O–H groups in total. The molecule has 2 heteroatoms. The SMILES string of the molecule is CCCC(C)(CNCC)CC1Cc2cc(C)ccc2O1. The third-order valence-corrected chi connectivity index (χ3v) is 4.33. The van der Waals surface area contributed by atoms with Crippen LogP contribution in [0.1, 0.15) is 51.2 Å². The molecule has 0 aromatic heterocycles. The van der Waals surface area contributed by atoms with E-state index in [1.807, 2.05) is 0 Å². The van der Waals surface area contributed by atoms with Crippen LogP contribution < -0.4 is 10.1 Å². The summed E-state index contributed by atoms with van der Waals surface area (Å²) < 4.78 is 6.16. The zero-order valence-electron chi connectivity index (χ0n) is 13.5. The fourth-order valence-electron chi connectivity index (χ4n) is 3.41. The van der Waals surface area contributed by atoms with Crippen LogP contribution in [0.25, 0.3) is 0 Å². The molecule has 0 saturated heterocycles. The molecule has 1 aliphatic heterocycles. The third kappa shape index (κ3) is 3.76. The Hall–Kier alpha value is -1.02. The molecule has 2 atom stereocenters. The molecule has 112 valence electrons. The van der Waals surface area contributed by atoms with Gasteiger partial charge in [0.25, 0.3) is 0 Å². The molecule has 2 nitrogen and oxygen atoms in total. The second kappa shape index (κ2) is 6.62. The van der Waals surface area contributed by atoms with Gasteiger partial charge in [0.05, 0.1) is 0 Å². The number of benzene rings is 1. The Bertz CT molecular complexity index is 443. The van der Waals surface area contributed by atoms with Crippen LogP contribution in [-0.2, 0) is 6.42 Å². The lowest BCUT2D eigenvalue weighted by molar-refractivity contribution is 0.135. The minimum absolute atomic E-state index is 0.340. The molecule has 20 heavy (non-hydrogen) atoms. The fourth-order valence-corrected chi connectivity index (χ4v) is 3.41. The van der Waals surface area contributed by atoms with E-state index in [0.717, 1.165) is 31.7 Å². The molecule has 1 aliphatic rings. The summed E-state index contributed by atoms with van der Waals surface area (Å²) in [4.78, 5) is 0. The molecule has 0 radical (unpaired) electrons. The highest BCUT2D eigenvalue weighted by Gasteiger charge is 2.31. The van der Waals surface area contributed by atoms with E-state index in [1.54, 1.807) is 0 Å². The van der Waals surface area contributed by atoms with E-state index in [0.29, 0.717) is 11.5 Å². The molecule has 0 bridgehead atoms. The third-order valence-electron chi connectivity index (χ3n) is 4.33.